The van der Waals surface area contributed by atoms with E-state index in [-0.39, 0.29) is 5.56 Å². The molecule has 1 saturated heterocycles. The smallest absolute Gasteiger partial charge is 0.274 e. The molecule has 0 radical (unpaired) electrons. The van der Waals surface area contributed by atoms with Crippen LogP contribution in [-0.2, 0) is 24.7 Å². The molecule has 0 amide bonds. The fraction of sp³-hybridized carbons (Fsp3) is 0.409. The normalized spacial score (nSPS) is 18.4. The van der Waals surface area contributed by atoms with Gasteiger partial charge in [0, 0.05) is 61.3 Å². The van der Waals surface area contributed by atoms with Crippen molar-refractivity contribution in [1.29, 1.82) is 0 Å². The first-order valence-corrected chi connectivity index (χ1v) is 11.5. The number of nitrogens with one attached hydrogen (secondary N) is 2. The number of nitrogens with zero attached hydrogens (tertiary/aromatic N) is 2. The van der Waals surface area contributed by atoms with Crippen molar-refractivity contribution < 1.29 is 8.76 Å². The minimum Gasteiger partial charge on any atom is -0.370 e. The van der Waals surface area contributed by atoms with E-state index in [1.54, 1.807) is 11.6 Å². The summed E-state index contributed by atoms with van der Waals surface area (Å²) < 4.78 is 24.1. The second-order valence-corrected chi connectivity index (χ2v) is 9.43. The van der Waals surface area contributed by atoms with Crippen molar-refractivity contribution in [2.75, 3.05) is 24.5 Å². The Hall–Kier alpha value is -2.42. The van der Waals surface area contributed by atoms with Crippen LogP contribution < -0.4 is 15.2 Å². The molecule has 1 spiro atoms. The molecule has 2 fully saturated rings. The van der Waals surface area contributed by atoms with Gasteiger partial charge in [-0.15, -0.1) is 0 Å². The lowest BCUT2D eigenvalue weighted by molar-refractivity contribution is 0.549. The van der Waals surface area contributed by atoms with E-state index < -0.39 is 11.3 Å². The van der Waals surface area contributed by atoms with Gasteiger partial charge in [0.05, 0.1) is 0 Å². The largest absolute Gasteiger partial charge is 0.370 e. The number of rotatable bonds is 6. The zero-order valence-electron chi connectivity index (χ0n) is 17.0. The summed E-state index contributed by atoms with van der Waals surface area (Å²) in [6.45, 7) is 2.56. The van der Waals surface area contributed by atoms with Crippen molar-refractivity contribution in [3.05, 3.63) is 52.6 Å². The monoisotopic (exact) mass is 426 g/mol. The number of aromatic nitrogens is 2. The zero-order valence-corrected chi connectivity index (χ0v) is 17.8. The van der Waals surface area contributed by atoms with Crippen LogP contribution in [0, 0.1) is 5.41 Å². The van der Waals surface area contributed by atoms with E-state index >= 15 is 0 Å². The van der Waals surface area contributed by atoms with Crippen LogP contribution in [0.15, 0.2) is 41.5 Å². The Morgan fingerprint density at radius 2 is 2.07 bits per heavy atom. The Morgan fingerprint density at radius 1 is 1.23 bits per heavy atom. The van der Waals surface area contributed by atoms with Crippen molar-refractivity contribution in [1.82, 2.24) is 14.3 Å². The maximum absolute atomic E-state index is 12.5. The number of hydrogen-bond donors (Lipinski definition) is 3. The predicted molar refractivity (Wildman–Crippen MR) is 120 cm³/mol. The van der Waals surface area contributed by atoms with E-state index in [1.807, 2.05) is 18.5 Å². The molecule has 5 rings (SSSR count). The fourth-order valence-corrected chi connectivity index (χ4v) is 5.00. The van der Waals surface area contributed by atoms with Crippen LogP contribution in [-0.4, -0.2) is 37.9 Å². The lowest BCUT2D eigenvalue weighted by Gasteiger charge is -2.24. The molecule has 1 atom stereocenters. The van der Waals surface area contributed by atoms with Gasteiger partial charge in [-0.2, -0.15) is 0 Å². The number of H-pyrrole nitrogens is 1. The molecule has 1 unspecified atom stereocenters. The highest BCUT2D eigenvalue weighted by Gasteiger charge is 2.48. The highest BCUT2D eigenvalue weighted by atomic mass is 32.2. The second kappa shape index (κ2) is 7.37. The summed E-state index contributed by atoms with van der Waals surface area (Å²) in [6, 6.07) is 8.41. The molecule has 3 aromatic rings. The Balaban J connectivity index is 1.60. The van der Waals surface area contributed by atoms with Crippen LogP contribution in [0.1, 0.15) is 24.8 Å². The highest BCUT2D eigenvalue weighted by molar-refractivity contribution is 7.77. The van der Waals surface area contributed by atoms with Crippen molar-refractivity contribution in [2.45, 2.75) is 25.7 Å². The molecular formula is C22H26N4O3S. The molecule has 0 bridgehead atoms. The number of fused-ring (bicyclic) bond motifs is 1. The second-order valence-electron chi connectivity index (χ2n) is 8.64. The lowest BCUT2D eigenvalue weighted by Crippen LogP contribution is -2.22. The van der Waals surface area contributed by atoms with Gasteiger partial charge in [0.25, 0.3) is 5.56 Å². The minimum absolute atomic E-state index is 0.0378. The van der Waals surface area contributed by atoms with Gasteiger partial charge in [0.1, 0.15) is 5.52 Å². The van der Waals surface area contributed by atoms with Crippen molar-refractivity contribution in [3.63, 3.8) is 0 Å². The van der Waals surface area contributed by atoms with Gasteiger partial charge in [-0.3, -0.25) is 9.35 Å². The highest BCUT2D eigenvalue weighted by Crippen LogP contribution is 2.54. The molecule has 2 aliphatic rings. The number of benzene rings is 1. The summed E-state index contributed by atoms with van der Waals surface area (Å²) in [5, 5.41) is 0.923. The molecule has 3 heterocycles. The van der Waals surface area contributed by atoms with Gasteiger partial charge in [0.2, 0.25) is 11.3 Å². The van der Waals surface area contributed by atoms with E-state index in [4.69, 9.17) is 4.55 Å². The lowest BCUT2D eigenvalue weighted by atomic mass is 9.97. The van der Waals surface area contributed by atoms with E-state index in [2.05, 4.69) is 32.8 Å². The zero-order chi connectivity index (χ0) is 20.9. The molecular weight excluding hydrogens is 400 g/mol. The van der Waals surface area contributed by atoms with Gasteiger partial charge in [-0.25, -0.2) is 8.93 Å². The molecule has 3 N–H and O–H groups in total. The van der Waals surface area contributed by atoms with Gasteiger partial charge in [0.15, 0.2) is 0 Å². The summed E-state index contributed by atoms with van der Waals surface area (Å²) in [5.41, 5.74) is 5.51. The molecule has 7 nitrogen and oxygen atoms in total. The SMILES string of the molecule is Cn1cc(-c2cc(CCNS(=O)O)ccc2N2CCC3(CC3)C2)c2cc[nH]c2c1=O. The van der Waals surface area contributed by atoms with Gasteiger partial charge in [-0.1, -0.05) is 6.07 Å². The van der Waals surface area contributed by atoms with Crippen LogP contribution in [0.4, 0.5) is 5.69 Å². The summed E-state index contributed by atoms with van der Waals surface area (Å²) >= 11 is -2.01. The molecule has 1 aliphatic heterocycles. The Morgan fingerprint density at radius 3 is 2.80 bits per heavy atom. The minimum atomic E-state index is -2.01. The number of hydrogen-bond acceptors (Lipinski definition) is 3. The first kappa shape index (κ1) is 19.5. The standard InChI is InChI=1S/C22H26N4O3S/c1-25-13-18(16-5-9-23-20(16)21(25)27)17-12-15(4-10-24-30(28)29)2-3-19(17)26-11-8-22(14-26)6-7-22/h2-3,5,9,12-13,23-24H,4,6-8,10-11,14H2,1H3,(H,28,29). The third-order valence-electron chi connectivity index (χ3n) is 6.62. The predicted octanol–water partition coefficient (Wildman–Crippen LogP) is 2.79. The Labute approximate surface area is 177 Å². The first-order valence-electron chi connectivity index (χ1n) is 10.4. The fourth-order valence-electron chi connectivity index (χ4n) is 4.72. The topological polar surface area (TPSA) is 90.4 Å². The molecule has 1 aromatic carbocycles. The third-order valence-corrected chi connectivity index (χ3v) is 7.07. The van der Waals surface area contributed by atoms with Crippen LogP contribution in [0.5, 0.6) is 0 Å². The van der Waals surface area contributed by atoms with E-state index in [9.17, 15) is 9.00 Å². The quantitative estimate of drug-likeness (QED) is 0.529. The third kappa shape index (κ3) is 3.49. The number of anilines is 1. The molecule has 1 aliphatic carbocycles. The molecule has 8 heteroatoms. The van der Waals surface area contributed by atoms with E-state index in [1.165, 1.54) is 24.9 Å². The summed E-state index contributed by atoms with van der Waals surface area (Å²) in [4.78, 5) is 18.1. The summed E-state index contributed by atoms with van der Waals surface area (Å²) in [5.74, 6) is 0. The molecule has 2 aromatic heterocycles. The van der Waals surface area contributed by atoms with Crippen molar-refractivity contribution >= 4 is 27.9 Å². The molecule has 1 saturated carbocycles. The molecule has 30 heavy (non-hydrogen) atoms. The van der Waals surface area contributed by atoms with Crippen LogP contribution >= 0.6 is 0 Å². The first-order chi connectivity index (χ1) is 14.5. The number of pyridine rings is 1. The number of aryl methyl sites for hydroxylation is 1. The van der Waals surface area contributed by atoms with Gasteiger partial charge < -0.3 is 14.5 Å². The maximum Gasteiger partial charge on any atom is 0.274 e. The van der Waals surface area contributed by atoms with E-state index in [0.717, 1.165) is 35.2 Å². The average molecular weight is 427 g/mol. The van der Waals surface area contributed by atoms with Crippen LogP contribution in [0.3, 0.4) is 0 Å². The van der Waals surface area contributed by atoms with Crippen molar-refractivity contribution in [3.8, 4) is 11.1 Å². The summed E-state index contributed by atoms with van der Waals surface area (Å²) in [6.07, 6.45) is 8.27. The Bertz CT molecular complexity index is 1190. The van der Waals surface area contributed by atoms with Crippen molar-refractivity contribution in [2.24, 2.45) is 12.5 Å². The van der Waals surface area contributed by atoms with Crippen LogP contribution in [0.2, 0.25) is 0 Å². The summed E-state index contributed by atoms with van der Waals surface area (Å²) in [7, 11) is 1.78. The van der Waals surface area contributed by atoms with Gasteiger partial charge >= 0.3 is 0 Å². The van der Waals surface area contributed by atoms with Gasteiger partial charge in [-0.05, 0) is 54.9 Å². The number of aromatic amines is 1. The van der Waals surface area contributed by atoms with E-state index in [0.29, 0.717) is 23.9 Å². The Kier molecular flexibility index (Phi) is 4.80. The maximum atomic E-state index is 12.5. The van der Waals surface area contributed by atoms with Crippen LogP contribution in [0.25, 0.3) is 22.0 Å². The average Bonchev–Trinajstić information content (AvgIpc) is 3.12. The molecule has 158 valence electrons.